The highest BCUT2D eigenvalue weighted by molar-refractivity contribution is 6.08. The molecule has 0 spiro atoms. The molecular formula is C7H8N6O3. The van der Waals surface area contributed by atoms with Gasteiger partial charge in [0.1, 0.15) is 6.04 Å². The van der Waals surface area contributed by atoms with E-state index >= 15 is 0 Å². The number of rotatable bonds is 2. The van der Waals surface area contributed by atoms with E-state index in [0.717, 1.165) is 0 Å². The molecule has 0 aromatic carbocycles. The lowest BCUT2D eigenvalue weighted by Crippen LogP contribution is -2.40. The van der Waals surface area contributed by atoms with E-state index in [-0.39, 0.29) is 17.9 Å². The first kappa shape index (κ1) is 10.1. The molecule has 1 unspecified atom stereocenters. The summed E-state index contributed by atoms with van der Waals surface area (Å²) in [5.41, 5.74) is 5.24. The van der Waals surface area contributed by atoms with Crippen molar-refractivity contribution in [2.75, 3.05) is 5.73 Å². The first-order valence-electron chi connectivity index (χ1n) is 4.38. The van der Waals surface area contributed by atoms with Crippen LogP contribution in [0.5, 0.6) is 0 Å². The third-order valence-corrected chi connectivity index (χ3v) is 2.06. The molecule has 16 heavy (non-hydrogen) atoms. The van der Waals surface area contributed by atoms with Crippen LogP contribution in [0.2, 0.25) is 0 Å². The maximum absolute atomic E-state index is 11.5. The Morgan fingerprint density at radius 3 is 2.69 bits per heavy atom. The highest BCUT2D eigenvalue weighted by Gasteiger charge is 2.32. The predicted octanol–water partition coefficient (Wildman–Crippen LogP) is -2.47. The van der Waals surface area contributed by atoms with Crippen LogP contribution >= 0.6 is 0 Å². The summed E-state index contributed by atoms with van der Waals surface area (Å²) in [4.78, 5) is 33.5. The lowest BCUT2D eigenvalue weighted by Gasteiger charge is -2.06. The summed E-state index contributed by atoms with van der Waals surface area (Å²) in [6.45, 7) is 0. The van der Waals surface area contributed by atoms with Gasteiger partial charge in [-0.1, -0.05) is 0 Å². The van der Waals surface area contributed by atoms with Crippen LogP contribution in [0, 0.1) is 0 Å². The van der Waals surface area contributed by atoms with Crippen LogP contribution in [0.4, 0.5) is 5.82 Å². The number of nitrogens with zero attached hydrogens (tertiary/aromatic N) is 2. The number of nitrogen functional groups attached to an aromatic ring is 1. The molecule has 0 bridgehead atoms. The van der Waals surface area contributed by atoms with Gasteiger partial charge in [0.2, 0.25) is 11.8 Å². The van der Waals surface area contributed by atoms with Crippen molar-refractivity contribution in [2.24, 2.45) is 0 Å². The molecule has 3 amide bonds. The average Bonchev–Trinajstić information content (AvgIpc) is 2.74. The second kappa shape index (κ2) is 3.61. The van der Waals surface area contributed by atoms with E-state index in [9.17, 15) is 14.4 Å². The van der Waals surface area contributed by atoms with E-state index in [1.807, 2.05) is 0 Å². The number of anilines is 1. The first-order chi connectivity index (χ1) is 7.58. The molecular weight excluding hydrogens is 216 g/mol. The highest BCUT2D eigenvalue weighted by Crippen LogP contribution is 2.05. The molecule has 1 atom stereocenters. The number of carbonyl (C=O) groups excluding carboxylic acids is 3. The van der Waals surface area contributed by atoms with E-state index in [2.05, 4.69) is 26.0 Å². The number of aromatic nitrogens is 3. The smallest absolute Gasteiger partial charge is 0.276 e. The lowest BCUT2D eigenvalue weighted by atomic mass is 10.2. The molecule has 0 radical (unpaired) electrons. The normalized spacial score (nSPS) is 19.6. The summed E-state index contributed by atoms with van der Waals surface area (Å²) in [5.74, 6) is -1.69. The molecule has 0 aliphatic carbocycles. The molecule has 9 nitrogen and oxygen atoms in total. The number of carbonyl (C=O) groups is 3. The Bertz CT molecular complexity index is 466. The number of aromatic amines is 1. The van der Waals surface area contributed by atoms with E-state index in [1.54, 1.807) is 0 Å². The Morgan fingerprint density at radius 1 is 1.44 bits per heavy atom. The minimum Gasteiger partial charge on any atom is -0.380 e. The van der Waals surface area contributed by atoms with Gasteiger partial charge in [-0.25, -0.2) is 0 Å². The first-order valence-corrected chi connectivity index (χ1v) is 4.38. The second-order valence-electron chi connectivity index (χ2n) is 3.20. The van der Waals surface area contributed by atoms with E-state index in [0.29, 0.717) is 0 Å². The van der Waals surface area contributed by atoms with E-state index in [1.165, 1.54) is 0 Å². The minimum absolute atomic E-state index is 0.0674. The van der Waals surface area contributed by atoms with Gasteiger partial charge in [-0.2, -0.15) is 5.21 Å². The summed E-state index contributed by atoms with van der Waals surface area (Å²) in [6, 6.07) is -0.879. The van der Waals surface area contributed by atoms with Crippen LogP contribution in [0.15, 0.2) is 0 Å². The van der Waals surface area contributed by atoms with Gasteiger partial charge in [-0.3, -0.25) is 19.7 Å². The van der Waals surface area contributed by atoms with Crippen molar-refractivity contribution in [1.82, 2.24) is 26.0 Å². The van der Waals surface area contributed by atoms with Gasteiger partial charge in [-0.15, -0.1) is 10.2 Å². The van der Waals surface area contributed by atoms with E-state index < -0.39 is 23.8 Å². The van der Waals surface area contributed by atoms with Crippen LogP contribution in [-0.2, 0) is 9.59 Å². The standard InChI is InChI=1S/C7H8N6O3/c8-5-4(11-13-12-5)7(16)9-2-1-3(14)10-6(2)15/h2H,1H2,(H,9,16)(H,10,14,15)(H3,8,11,12,13). The Kier molecular flexibility index (Phi) is 2.27. The summed E-state index contributed by atoms with van der Waals surface area (Å²) >= 11 is 0. The molecule has 0 saturated carbocycles. The quantitative estimate of drug-likeness (QED) is 0.410. The van der Waals surface area contributed by atoms with Crippen LogP contribution in [0.3, 0.4) is 0 Å². The van der Waals surface area contributed by atoms with Gasteiger partial charge in [0.25, 0.3) is 5.91 Å². The second-order valence-corrected chi connectivity index (χ2v) is 3.20. The van der Waals surface area contributed by atoms with Crippen molar-refractivity contribution in [3.05, 3.63) is 5.69 Å². The van der Waals surface area contributed by atoms with Gasteiger partial charge >= 0.3 is 0 Å². The Hall–Kier alpha value is -2.45. The van der Waals surface area contributed by atoms with Crippen molar-refractivity contribution in [2.45, 2.75) is 12.5 Å². The fourth-order valence-electron chi connectivity index (χ4n) is 1.30. The molecule has 1 aromatic rings. The average molecular weight is 224 g/mol. The summed E-state index contributed by atoms with van der Waals surface area (Å²) in [5, 5.41) is 13.5. The van der Waals surface area contributed by atoms with Crippen LogP contribution < -0.4 is 16.4 Å². The van der Waals surface area contributed by atoms with Gasteiger partial charge in [0.05, 0.1) is 6.42 Å². The summed E-state index contributed by atoms with van der Waals surface area (Å²) < 4.78 is 0. The number of hydrogen-bond donors (Lipinski definition) is 4. The van der Waals surface area contributed by atoms with E-state index in [4.69, 9.17) is 5.73 Å². The van der Waals surface area contributed by atoms with Crippen LogP contribution in [-0.4, -0.2) is 39.2 Å². The van der Waals surface area contributed by atoms with Gasteiger partial charge in [0.15, 0.2) is 11.5 Å². The Morgan fingerprint density at radius 2 is 2.19 bits per heavy atom. The van der Waals surface area contributed by atoms with Crippen molar-refractivity contribution in [3.63, 3.8) is 0 Å². The highest BCUT2D eigenvalue weighted by atomic mass is 16.2. The summed E-state index contributed by atoms with van der Waals surface area (Å²) in [7, 11) is 0. The molecule has 2 heterocycles. The molecule has 5 N–H and O–H groups in total. The molecule has 84 valence electrons. The third-order valence-electron chi connectivity index (χ3n) is 2.06. The number of H-pyrrole nitrogens is 1. The number of nitrogens with one attached hydrogen (secondary N) is 3. The Balaban J connectivity index is 2.06. The van der Waals surface area contributed by atoms with Gasteiger partial charge in [-0.05, 0) is 0 Å². The minimum atomic E-state index is -0.879. The molecule has 1 fully saturated rings. The molecule has 9 heteroatoms. The van der Waals surface area contributed by atoms with Crippen molar-refractivity contribution < 1.29 is 14.4 Å². The maximum Gasteiger partial charge on any atom is 0.276 e. The van der Waals surface area contributed by atoms with Gasteiger partial charge < -0.3 is 11.1 Å². The Labute approximate surface area is 88.8 Å². The lowest BCUT2D eigenvalue weighted by molar-refractivity contribution is -0.125. The molecule has 1 aliphatic heterocycles. The fraction of sp³-hybridized carbons (Fsp3) is 0.286. The zero-order chi connectivity index (χ0) is 11.7. The summed E-state index contributed by atoms with van der Waals surface area (Å²) in [6.07, 6.45) is -0.0810. The zero-order valence-electron chi connectivity index (χ0n) is 7.98. The third kappa shape index (κ3) is 1.69. The van der Waals surface area contributed by atoms with Crippen LogP contribution in [0.1, 0.15) is 16.9 Å². The van der Waals surface area contributed by atoms with Gasteiger partial charge in [0, 0.05) is 0 Å². The molecule has 1 aliphatic rings. The maximum atomic E-state index is 11.5. The fourth-order valence-corrected chi connectivity index (χ4v) is 1.30. The monoisotopic (exact) mass is 224 g/mol. The number of imide groups is 1. The predicted molar refractivity (Wildman–Crippen MR) is 49.8 cm³/mol. The molecule has 1 saturated heterocycles. The topological polar surface area (TPSA) is 143 Å². The number of hydrogen-bond acceptors (Lipinski definition) is 6. The van der Waals surface area contributed by atoms with Crippen LogP contribution in [0.25, 0.3) is 0 Å². The van der Waals surface area contributed by atoms with Crippen molar-refractivity contribution in [3.8, 4) is 0 Å². The molecule has 1 aromatic heterocycles. The zero-order valence-corrected chi connectivity index (χ0v) is 7.98. The SMILES string of the molecule is Nc1n[nH]nc1C(=O)NC1CC(=O)NC1=O. The van der Waals surface area contributed by atoms with Crippen molar-refractivity contribution in [1.29, 1.82) is 0 Å². The largest absolute Gasteiger partial charge is 0.380 e. The van der Waals surface area contributed by atoms with Crippen molar-refractivity contribution >= 4 is 23.5 Å². The number of amides is 3. The molecule has 2 rings (SSSR count). The number of nitrogens with two attached hydrogens (primary N) is 1.